The Morgan fingerprint density at radius 2 is 1.90 bits per heavy atom. The Bertz CT molecular complexity index is 618. The summed E-state index contributed by atoms with van der Waals surface area (Å²) in [5.41, 5.74) is 4.44. The molecule has 0 fully saturated rings. The highest BCUT2D eigenvalue weighted by Crippen LogP contribution is 2.45. The Kier molecular flexibility index (Phi) is 3.76. The van der Waals surface area contributed by atoms with E-state index in [2.05, 4.69) is 90.3 Å². The van der Waals surface area contributed by atoms with Gasteiger partial charge < -0.3 is 5.32 Å². The number of benzene rings is 2. The topological polar surface area (TPSA) is 12.0 Å². The molecule has 1 nitrogen and oxygen atoms in total. The van der Waals surface area contributed by atoms with E-state index in [4.69, 9.17) is 0 Å². The number of hydrogen-bond donors (Lipinski definition) is 1. The Hall–Kier alpha value is -1.03. The first-order valence-corrected chi connectivity index (χ1v) is 8.24. The van der Waals surface area contributed by atoms with Crippen LogP contribution in [-0.2, 0) is 6.42 Å². The van der Waals surface area contributed by atoms with Crippen molar-refractivity contribution in [3.8, 4) is 0 Å². The lowest BCUT2D eigenvalue weighted by molar-refractivity contribution is 0.265. The van der Waals surface area contributed by atoms with Crippen molar-refractivity contribution in [2.24, 2.45) is 5.41 Å². The minimum atomic E-state index is 0.273. The van der Waals surface area contributed by atoms with E-state index >= 15 is 0 Å². The van der Waals surface area contributed by atoms with E-state index in [0.29, 0.717) is 6.04 Å². The number of rotatable bonds is 2. The molecule has 1 aliphatic rings. The van der Waals surface area contributed by atoms with E-state index in [1.165, 1.54) is 33.2 Å². The Morgan fingerprint density at radius 3 is 2.70 bits per heavy atom. The second-order valence-electron chi connectivity index (χ2n) is 6.28. The zero-order chi connectivity index (χ0) is 14.2. The van der Waals surface area contributed by atoms with Crippen molar-refractivity contribution in [2.75, 3.05) is 5.32 Å². The highest BCUT2D eigenvalue weighted by molar-refractivity contribution is 14.1. The summed E-state index contributed by atoms with van der Waals surface area (Å²) in [7, 11) is 0. The van der Waals surface area contributed by atoms with Crippen LogP contribution in [0.2, 0.25) is 0 Å². The fourth-order valence-electron chi connectivity index (χ4n) is 3.08. The van der Waals surface area contributed by atoms with Gasteiger partial charge in [-0.1, -0.05) is 44.2 Å². The lowest BCUT2D eigenvalue weighted by Crippen LogP contribution is -2.33. The molecule has 0 aromatic heterocycles. The molecule has 0 spiro atoms. The van der Waals surface area contributed by atoms with Crippen molar-refractivity contribution in [3.05, 3.63) is 63.2 Å². The fraction of sp³-hybridized carbons (Fsp3) is 0.333. The lowest BCUT2D eigenvalue weighted by atomic mass is 9.70. The minimum absolute atomic E-state index is 0.273. The van der Waals surface area contributed by atoms with Gasteiger partial charge in [-0.25, -0.2) is 0 Å². The van der Waals surface area contributed by atoms with Crippen molar-refractivity contribution in [2.45, 2.75) is 32.7 Å². The molecule has 2 aromatic rings. The zero-order valence-electron chi connectivity index (χ0n) is 12.0. The Morgan fingerprint density at radius 1 is 1.10 bits per heavy atom. The summed E-state index contributed by atoms with van der Waals surface area (Å²) in [6, 6.07) is 17.9. The van der Waals surface area contributed by atoms with Crippen LogP contribution in [0.4, 0.5) is 5.69 Å². The molecule has 20 heavy (non-hydrogen) atoms. The monoisotopic (exact) mass is 377 g/mol. The molecule has 0 bridgehead atoms. The predicted molar refractivity (Wildman–Crippen MR) is 94.1 cm³/mol. The molecule has 2 aromatic carbocycles. The van der Waals surface area contributed by atoms with E-state index in [1.54, 1.807) is 0 Å². The number of halogens is 1. The summed E-state index contributed by atoms with van der Waals surface area (Å²) < 4.78 is 1.27. The SMILES string of the molecule is CC1(C)CCc2ccccc2C1Nc1cccc(I)c1. The summed E-state index contributed by atoms with van der Waals surface area (Å²) in [4.78, 5) is 0. The summed E-state index contributed by atoms with van der Waals surface area (Å²) in [6.07, 6.45) is 2.42. The largest absolute Gasteiger partial charge is 0.378 e. The van der Waals surface area contributed by atoms with Crippen LogP contribution in [0.1, 0.15) is 37.4 Å². The van der Waals surface area contributed by atoms with Gasteiger partial charge in [0.15, 0.2) is 0 Å². The molecule has 0 aliphatic heterocycles. The van der Waals surface area contributed by atoms with Gasteiger partial charge in [-0.3, -0.25) is 0 Å². The van der Waals surface area contributed by atoms with Gasteiger partial charge in [0, 0.05) is 9.26 Å². The minimum Gasteiger partial charge on any atom is -0.378 e. The Labute approximate surface area is 134 Å². The highest BCUT2D eigenvalue weighted by atomic mass is 127. The maximum atomic E-state index is 3.76. The van der Waals surface area contributed by atoms with Gasteiger partial charge >= 0.3 is 0 Å². The first kappa shape index (κ1) is 13.9. The number of anilines is 1. The summed E-state index contributed by atoms with van der Waals surface area (Å²) in [5.74, 6) is 0. The highest BCUT2D eigenvalue weighted by Gasteiger charge is 2.35. The zero-order valence-corrected chi connectivity index (χ0v) is 14.1. The molecule has 3 rings (SSSR count). The molecule has 0 radical (unpaired) electrons. The Balaban J connectivity index is 1.97. The van der Waals surface area contributed by atoms with Crippen LogP contribution in [0, 0.1) is 8.99 Å². The van der Waals surface area contributed by atoms with Gasteiger partial charge in [0.1, 0.15) is 0 Å². The molecule has 1 unspecified atom stereocenters. The standard InChI is InChI=1S/C18H20IN/c1-18(2)11-10-13-6-3-4-9-16(13)17(18)20-15-8-5-7-14(19)12-15/h3-9,12,17,20H,10-11H2,1-2H3. The second kappa shape index (κ2) is 5.40. The van der Waals surface area contributed by atoms with E-state index in [1.807, 2.05) is 0 Å². The maximum Gasteiger partial charge on any atom is 0.0567 e. The van der Waals surface area contributed by atoms with Crippen LogP contribution < -0.4 is 5.32 Å². The van der Waals surface area contributed by atoms with Gasteiger partial charge in [0.25, 0.3) is 0 Å². The molecule has 0 saturated carbocycles. The fourth-order valence-corrected chi connectivity index (χ4v) is 3.63. The number of nitrogens with one attached hydrogen (secondary N) is 1. The normalized spacial score (nSPS) is 20.2. The van der Waals surface area contributed by atoms with E-state index in [-0.39, 0.29) is 5.41 Å². The molecular formula is C18H20IN. The first-order valence-electron chi connectivity index (χ1n) is 7.16. The number of fused-ring (bicyclic) bond motifs is 1. The van der Waals surface area contributed by atoms with E-state index in [0.717, 1.165) is 0 Å². The molecule has 1 N–H and O–H groups in total. The molecule has 0 saturated heterocycles. The van der Waals surface area contributed by atoms with Crippen LogP contribution in [0.15, 0.2) is 48.5 Å². The molecule has 2 heteroatoms. The predicted octanol–water partition coefficient (Wildman–Crippen LogP) is 5.42. The molecule has 104 valence electrons. The summed E-state index contributed by atoms with van der Waals surface area (Å²) in [5, 5.41) is 3.76. The van der Waals surface area contributed by atoms with Gasteiger partial charge in [0.2, 0.25) is 0 Å². The van der Waals surface area contributed by atoms with Crippen molar-refractivity contribution in [1.29, 1.82) is 0 Å². The van der Waals surface area contributed by atoms with Gasteiger partial charge in [-0.15, -0.1) is 0 Å². The van der Waals surface area contributed by atoms with Crippen molar-refractivity contribution < 1.29 is 0 Å². The third-order valence-electron chi connectivity index (χ3n) is 4.32. The van der Waals surface area contributed by atoms with Crippen LogP contribution in [-0.4, -0.2) is 0 Å². The summed E-state index contributed by atoms with van der Waals surface area (Å²) >= 11 is 2.37. The second-order valence-corrected chi connectivity index (χ2v) is 7.52. The molecule has 1 aliphatic carbocycles. The van der Waals surface area contributed by atoms with Crippen LogP contribution in [0.25, 0.3) is 0 Å². The number of aryl methyl sites for hydroxylation is 1. The van der Waals surface area contributed by atoms with Crippen molar-refractivity contribution in [1.82, 2.24) is 0 Å². The average molecular weight is 377 g/mol. The van der Waals surface area contributed by atoms with Gasteiger partial charge in [0.05, 0.1) is 6.04 Å². The molecule has 0 heterocycles. The van der Waals surface area contributed by atoms with Gasteiger partial charge in [-0.2, -0.15) is 0 Å². The smallest absolute Gasteiger partial charge is 0.0567 e. The quantitative estimate of drug-likeness (QED) is 0.690. The van der Waals surface area contributed by atoms with Crippen LogP contribution >= 0.6 is 22.6 Å². The van der Waals surface area contributed by atoms with Crippen molar-refractivity contribution in [3.63, 3.8) is 0 Å². The summed E-state index contributed by atoms with van der Waals surface area (Å²) in [6.45, 7) is 4.74. The first-order chi connectivity index (χ1) is 9.56. The third kappa shape index (κ3) is 2.71. The van der Waals surface area contributed by atoms with Crippen LogP contribution in [0.3, 0.4) is 0 Å². The molecular weight excluding hydrogens is 357 g/mol. The third-order valence-corrected chi connectivity index (χ3v) is 4.99. The van der Waals surface area contributed by atoms with Crippen molar-refractivity contribution >= 4 is 28.3 Å². The van der Waals surface area contributed by atoms with Crippen LogP contribution in [0.5, 0.6) is 0 Å². The van der Waals surface area contributed by atoms with E-state index < -0.39 is 0 Å². The molecule has 0 amide bonds. The van der Waals surface area contributed by atoms with Gasteiger partial charge in [-0.05, 0) is 70.2 Å². The lowest BCUT2D eigenvalue weighted by Gasteiger charge is -2.41. The maximum absolute atomic E-state index is 3.76. The number of hydrogen-bond acceptors (Lipinski definition) is 1. The average Bonchev–Trinajstić information content (AvgIpc) is 2.42. The van der Waals surface area contributed by atoms with E-state index in [9.17, 15) is 0 Å². The molecule has 1 atom stereocenters.